The minimum absolute atomic E-state index is 0.0240. The maximum atomic E-state index is 14.5. The lowest BCUT2D eigenvalue weighted by molar-refractivity contribution is 0.356. The van der Waals surface area contributed by atoms with Crippen LogP contribution in [0.4, 0.5) is 20.2 Å². The molecule has 4 heterocycles. The van der Waals surface area contributed by atoms with E-state index in [9.17, 15) is 26.8 Å². The van der Waals surface area contributed by atoms with Crippen molar-refractivity contribution < 1.29 is 17.2 Å². The van der Waals surface area contributed by atoms with Crippen LogP contribution in [0, 0.1) is 11.6 Å². The Kier molecular flexibility index (Phi) is 9.88. The van der Waals surface area contributed by atoms with Crippen LogP contribution in [0.1, 0.15) is 25.7 Å². The number of hydrogen-bond acceptors (Lipinski definition) is 5. The number of alkyl halides is 1. The summed E-state index contributed by atoms with van der Waals surface area (Å²) in [6.45, 7) is 2.27. The Morgan fingerprint density at radius 3 is 1.58 bits per heavy atom. The first-order chi connectivity index (χ1) is 21.3. The molecule has 4 aromatic rings. The zero-order chi connectivity index (χ0) is 32.8. The number of aromatic nitrogens is 4. The quantitative estimate of drug-likeness (QED) is 0.175. The lowest BCUT2D eigenvalue weighted by Gasteiger charge is -2.17. The number of benzene rings is 2. The summed E-state index contributed by atoms with van der Waals surface area (Å²) in [4.78, 5) is 25.0. The van der Waals surface area contributed by atoms with Gasteiger partial charge in [-0.2, -0.15) is 0 Å². The summed E-state index contributed by atoms with van der Waals surface area (Å²) >= 11 is 29.6. The fraction of sp³-hybridized carbons (Fsp3) is 0.333. The fourth-order valence-electron chi connectivity index (χ4n) is 5.28. The zero-order valence-corrected chi connectivity index (χ0v) is 27.8. The van der Waals surface area contributed by atoms with E-state index in [0.29, 0.717) is 26.2 Å². The van der Waals surface area contributed by atoms with Crippen molar-refractivity contribution >= 4 is 79.4 Å². The monoisotopic (exact) mass is 742 g/mol. The van der Waals surface area contributed by atoms with Gasteiger partial charge in [0.15, 0.2) is 0 Å². The predicted molar refractivity (Wildman–Crippen MR) is 174 cm³/mol. The van der Waals surface area contributed by atoms with Crippen molar-refractivity contribution in [3.63, 3.8) is 0 Å². The van der Waals surface area contributed by atoms with Gasteiger partial charge in [-0.25, -0.2) is 26.6 Å². The normalized spacial score (nSPS) is 14.4. The second kappa shape index (κ2) is 13.2. The Hall–Kier alpha value is -2.68. The van der Waals surface area contributed by atoms with Gasteiger partial charge >= 0.3 is 0 Å². The van der Waals surface area contributed by atoms with Crippen molar-refractivity contribution in [2.24, 2.45) is 0 Å². The van der Waals surface area contributed by atoms with E-state index in [2.05, 4.69) is 4.72 Å². The Morgan fingerprint density at radius 2 is 1.13 bits per heavy atom. The van der Waals surface area contributed by atoms with E-state index in [0.717, 1.165) is 43.9 Å². The maximum absolute atomic E-state index is 14.5. The Balaban J connectivity index is 0.000000182. The number of sulfonamides is 1. The standard InChI is InChI=1S/C14H13Cl3FN3O3S.C13H12Cl2FN3O/c15-7-25(23,24)19-11-5-8(10(18)6-9(11)16)12-13(17)20-3-1-2-4-21(20)14(12)22;14-8-6-9(16)7(5-10(8)17)11-12(15)18-3-1-2-4-19(18)13(11)20/h5-6,19H,1-4,7H2;5-6H,1-4,17H2. The van der Waals surface area contributed by atoms with Crippen LogP contribution in [0.2, 0.25) is 20.4 Å². The second-order valence-electron chi connectivity index (χ2n) is 10.3. The van der Waals surface area contributed by atoms with Gasteiger partial charge < -0.3 is 5.73 Å². The van der Waals surface area contributed by atoms with Crippen LogP contribution in [0.25, 0.3) is 22.3 Å². The van der Waals surface area contributed by atoms with Gasteiger partial charge in [0.25, 0.3) is 11.1 Å². The molecule has 45 heavy (non-hydrogen) atoms. The van der Waals surface area contributed by atoms with Gasteiger partial charge in [-0.15, -0.1) is 11.6 Å². The van der Waals surface area contributed by atoms with Crippen molar-refractivity contribution in [3.05, 3.63) is 77.0 Å². The van der Waals surface area contributed by atoms with E-state index < -0.39 is 32.4 Å². The highest BCUT2D eigenvalue weighted by molar-refractivity contribution is 7.93. The number of nitrogen functional groups attached to an aromatic ring is 1. The first-order valence-corrected chi connectivity index (χ1v) is 17.2. The van der Waals surface area contributed by atoms with Gasteiger partial charge in [0.1, 0.15) is 27.2 Å². The number of nitrogens with one attached hydrogen (secondary N) is 1. The molecule has 0 radical (unpaired) electrons. The molecule has 242 valence electrons. The topological polar surface area (TPSA) is 126 Å². The van der Waals surface area contributed by atoms with Gasteiger partial charge in [0.05, 0.1) is 32.5 Å². The molecule has 3 N–H and O–H groups in total. The summed E-state index contributed by atoms with van der Waals surface area (Å²) in [5.74, 6) is -1.38. The van der Waals surface area contributed by atoms with Crippen LogP contribution >= 0.6 is 58.0 Å². The molecule has 0 saturated carbocycles. The highest BCUT2D eigenvalue weighted by Crippen LogP contribution is 2.36. The third-order valence-electron chi connectivity index (χ3n) is 7.42. The van der Waals surface area contributed by atoms with E-state index in [1.54, 1.807) is 14.0 Å². The number of hydrogen-bond donors (Lipinski definition) is 2. The van der Waals surface area contributed by atoms with E-state index in [4.69, 9.17) is 63.7 Å². The number of halogens is 7. The predicted octanol–water partition coefficient (Wildman–Crippen LogP) is 6.63. The molecular weight excluding hydrogens is 720 g/mol. The lowest BCUT2D eigenvalue weighted by atomic mass is 10.1. The van der Waals surface area contributed by atoms with E-state index in [1.807, 2.05) is 0 Å². The molecule has 0 atom stereocenters. The van der Waals surface area contributed by atoms with Gasteiger partial charge in [-0.05, 0) is 49.9 Å². The number of rotatable bonds is 5. The molecule has 2 aromatic carbocycles. The van der Waals surface area contributed by atoms with Crippen molar-refractivity contribution in [1.82, 2.24) is 18.7 Å². The molecule has 0 aliphatic carbocycles. The molecule has 10 nitrogen and oxygen atoms in total. The molecule has 18 heteroatoms. The van der Waals surface area contributed by atoms with E-state index in [1.165, 1.54) is 10.7 Å². The summed E-state index contributed by atoms with van der Waals surface area (Å²) in [6.07, 6.45) is 3.53. The highest BCUT2D eigenvalue weighted by Gasteiger charge is 2.26. The van der Waals surface area contributed by atoms with Gasteiger partial charge in [0.2, 0.25) is 10.0 Å². The average Bonchev–Trinajstić information content (AvgIpc) is 3.41. The first kappa shape index (κ1) is 33.7. The average molecular weight is 745 g/mol. The second-order valence-corrected chi connectivity index (χ2v) is 14.2. The summed E-state index contributed by atoms with van der Waals surface area (Å²) < 4.78 is 60.3. The third kappa shape index (κ3) is 6.48. The van der Waals surface area contributed by atoms with E-state index >= 15 is 0 Å². The Morgan fingerprint density at radius 1 is 0.711 bits per heavy atom. The van der Waals surface area contributed by atoms with Crippen LogP contribution in [0.15, 0.2) is 33.9 Å². The molecular formula is C27H25Cl5F2N6O4S. The van der Waals surface area contributed by atoms with Crippen LogP contribution in [0.3, 0.4) is 0 Å². The summed E-state index contributed by atoms with van der Waals surface area (Å²) in [5, 5.41) is -0.381. The van der Waals surface area contributed by atoms with Crippen molar-refractivity contribution in [1.29, 1.82) is 0 Å². The minimum atomic E-state index is -3.84. The molecule has 2 aliphatic heterocycles. The van der Waals surface area contributed by atoms with Gasteiger partial charge in [0, 0.05) is 37.3 Å². The summed E-state index contributed by atoms with van der Waals surface area (Å²) in [7, 11) is -3.84. The Labute approximate surface area is 280 Å². The largest absolute Gasteiger partial charge is 0.398 e. The number of nitrogens with two attached hydrogens (primary N) is 1. The Bertz CT molecular complexity index is 2040. The SMILES string of the molecule is Nc1cc(-c2c(Cl)n3n(c2=O)CCCC3)c(F)cc1Cl.O=c1c(-c2cc(NS(=O)(=O)CCl)c(Cl)cc2F)c(Cl)n2n1CCCC2. The van der Waals surface area contributed by atoms with Crippen LogP contribution in [0.5, 0.6) is 0 Å². The number of fused-ring (bicyclic) bond motifs is 2. The van der Waals surface area contributed by atoms with Crippen molar-refractivity contribution in [2.75, 3.05) is 15.7 Å². The first-order valence-electron chi connectivity index (χ1n) is 13.5. The van der Waals surface area contributed by atoms with Crippen LogP contribution in [-0.2, 0) is 36.2 Å². The van der Waals surface area contributed by atoms with Crippen molar-refractivity contribution in [3.8, 4) is 22.3 Å². The molecule has 0 bridgehead atoms. The van der Waals surface area contributed by atoms with Crippen molar-refractivity contribution in [2.45, 2.75) is 51.9 Å². The highest BCUT2D eigenvalue weighted by atomic mass is 35.5. The summed E-state index contributed by atoms with van der Waals surface area (Å²) in [6, 6.07) is 4.53. The molecule has 6 rings (SSSR count). The maximum Gasteiger partial charge on any atom is 0.276 e. The number of anilines is 2. The minimum Gasteiger partial charge on any atom is -0.398 e. The zero-order valence-electron chi connectivity index (χ0n) is 23.2. The molecule has 0 fully saturated rings. The van der Waals surface area contributed by atoms with Crippen LogP contribution < -0.4 is 21.6 Å². The molecule has 2 aromatic heterocycles. The van der Waals surface area contributed by atoms with Gasteiger partial charge in [-0.3, -0.25) is 23.7 Å². The fourth-order valence-corrected chi connectivity index (χ4v) is 7.12. The molecule has 2 aliphatic rings. The lowest BCUT2D eigenvalue weighted by Crippen LogP contribution is -2.27. The van der Waals surface area contributed by atoms with Crippen LogP contribution in [-0.4, -0.2) is 32.4 Å². The molecule has 0 unspecified atom stereocenters. The smallest absolute Gasteiger partial charge is 0.276 e. The van der Waals surface area contributed by atoms with Gasteiger partial charge in [-0.1, -0.05) is 46.4 Å². The molecule has 0 spiro atoms. The van der Waals surface area contributed by atoms with E-state index in [-0.39, 0.29) is 59.5 Å². The summed E-state index contributed by atoms with van der Waals surface area (Å²) in [5.41, 5.74) is 5.19. The molecule has 0 saturated heterocycles. The number of nitrogens with zero attached hydrogens (tertiary/aromatic N) is 4. The molecule has 0 amide bonds. The third-order valence-corrected chi connectivity index (χ3v) is 10.5.